The molecular weight excluding hydrogens is 412 g/mol. The van der Waals surface area contributed by atoms with E-state index >= 15 is 0 Å². The molecule has 0 spiro atoms. The summed E-state index contributed by atoms with van der Waals surface area (Å²) in [5.74, 6) is 6.43. The van der Waals surface area contributed by atoms with Crippen molar-refractivity contribution in [1.82, 2.24) is 30.5 Å². The highest BCUT2D eigenvalue weighted by molar-refractivity contribution is 5.98. The van der Waals surface area contributed by atoms with Gasteiger partial charge in [0, 0.05) is 24.7 Å². The Balaban J connectivity index is 1.56. The predicted octanol–water partition coefficient (Wildman–Crippen LogP) is 0.809. The second-order valence-electron chi connectivity index (χ2n) is 7.18. The first-order valence-corrected chi connectivity index (χ1v) is 9.76. The number of methoxy groups -OCH3 is 1. The SMILES string of the molecule is COc1ccc2c(c1)C(=O)N(C[C@@H](C#Cc1ccc3nnn(C)c3c1)NC(=O)NC=O)C2. The number of urea groups is 1. The fourth-order valence-corrected chi connectivity index (χ4v) is 3.49. The summed E-state index contributed by atoms with van der Waals surface area (Å²) in [5.41, 5.74) is 3.69. The van der Waals surface area contributed by atoms with Gasteiger partial charge in [-0.1, -0.05) is 23.1 Å². The van der Waals surface area contributed by atoms with Crippen LogP contribution in [0.4, 0.5) is 4.79 Å². The minimum absolute atomic E-state index is 0.143. The van der Waals surface area contributed by atoms with Gasteiger partial charge < -0.3 is 15.0 Å². The second kappa shape index (κ2) is 8.77. The van der Waals surface area contributed by atoms with Crippen molar-refractivity contribution in [2.75, 3.05) is 13.7 Å². The van der Waals surface area contributed by atoms with Gasteiger partial charge in [0.1, 0.15) is 17.3 Å². The zero-order chi connectivity index (χ0) is 22.7. The lowest BCUT2D eigenvalue weighted by Crippen LogP contribution is -2.46. The number of nitrogens with one attached hydrogen (secondary N) is 2. The molecule has 10 heteroatoms. The van der Waals surface area contributed by atoms with E-state index in [0.717, 1.165) is 16.6 Å². The van der Waals surface area contributed by atoms with Crippen molar-refractivity contribution >= 4 is 29.4 Å². The number of ether oxygens (including phenoxy) is 1. The molecule has 2 heterocycles. The van der Waals surface area contributed by atoms with Gasteiger partial charge in [-0.05, 0) is 35.9 Å². The largest absolute Gasteiger partial charge is 0.497 e. The first-order chi connectivity index (χ1) is 15.5. The monoisotopic (exact) mass is 432 g/mol. The first-order valence-electron chi connectivity index (χ1n) is 9.76. The van der Waals surface area contributed by atoms with Gasteiger partial charge in [-0.25, -0.2) is 9.48 Å². The topological polar surface area (TPSA) is 118 Å². The van der Waals surface area contributed by atoms with E-state index in [-0.39, 0.29) is 18.9 Å². The van der Waals surface area contributed by atoms with Crippen LogP contribution in [0.3, 0.4) is 0 Å². The molecule has 162 valence electrons. The van der Waals surface area contributed by atoms with Gasteiger partial charge in [-0.15, -0.1) is 5.10 Å². The molecule has 32 heavy (non-hydrogen) atoms. The number of hydrogen-bond donors (Lipinski definition) is 2. The van der Waals surface area contributed by atoms with Crippen molar-refractivity contribution in [3.63, 3.8) is 0 Å². The molecule has 2 N–H and O–H groups in total. The number of rotatable bonds is 5. The van der Waals surface area contributed by atoms with Crippen LogP contribution in [0.1, 0.15) is 21.5 Å². The summed E-state index contributed by atoms with van der Waals surface area (Å²) >= 11 is 0. The third-order valence-electron chi connectivity index (χ3n) is 5.10. The molecule has 1 atom stereocenters. The third kappa shape index (κ3) is 4.22. The molecule has 10 nitrogen and oxygen atoms in total. The van der Waals surface area contributed by atoms with Crippen molar-refractivity contribution in [2.24, 2.45) is 7.05 Å². The Kier molecular flexibility index (Phi) is 5.72. The maximum Gasteiger partial charge on any atom is 0.322 e. The molecule has 1 aliphatic rings. The highest BCUT2D eigenvalue weighted by atomic mass is 16.5. The molecule has 2 aromatic carbocycles. The molecule has 0 fully saturated rings. The number of imide groups is 1. The van der Waals surface area contributed by atoms with E-state index in [0.29, 0.717) is 23.4 Å². The molecule has 1 aliphatic heterocycles. The lowest BCUT2D eigenvalue weighted by atomic mass is 10.1. The lowest BCUT2D eigenvalue weighted by molar-refractivity contribution is -0.108. The maximum atomic E-state index is 12.9. The summed E-state index contributed by atoms with van der Waals surface area (Å²) in [6.07, 6.45) is 0.284. The van der Waals surface area contributed by atoms with Crippen LogP contribution < -0.4 is 15.4 Å². The summed E-state index contributed by atoms with van der Waals surface area (Å²) in [5, 5.41) is 12.7. The van der Waals surface area contributed by atoms with Crippen molar-refractivity contribution in [1.29, 1.82) is 0 Å². The van der Waals surface area contributed by atoms with Gasteiger partial charge in [-0.2, -0.15) is 0 Å². The summed E-state index contributed by atoms with van der Waals surface area (Å²) in [4.78, 5) is 37.0. The molecule has 0 radical (unpaired) electrons. The molecule has 1 aromatic heterocycles. The van der Waals surface area contributed by atoms with E-state index in [4.69, 9.17) is 4.74 Å². The Morgan fingerprint density at radius 2 is 2.16 bits per heavy atom. The van der Waals surface area contributed by atoms with Crippen LogP contribution in [0.15, 0.2) is 36.4 Å². The fraction of sp³-hybridized carbons (Fsp3) is 0.227. The minimum atomic E-state index is -0.713. The third-order valence-corrected chi connectivity index (χ3v) is 5.10. The highest BCUT2D eigenvalue weighted by Gasteiger charge is 2.29. The van der Waals surface area contributed by atoms with Gasteiger partial charge in [0.25, 0.3) is 5.91 Å². The molecule has 0 saturated carbocycles. The Morgan fingerprint density at radius 3 is 2.94 bits per heavy atom. The normalized spacial score (nSPS) is 13.2. The number of carbonyl (C=O) groups excluding carboxylic acids is 3. The van der Waals surface area contributed by atoms with Gasteiger partial charge in [-0.3, -0.25) is 14.9 Å². The van der Waals surface area contributed by atoms with Crippen LogP contribution in [-0.2, 0) is 18.4 Å². The number of aromatic nitrogens is 3. The van der Waals surface area contributed by atoms with Crippen LogP contribution in [0.2, 0.25) is 0 Å². The minimum Gasteiger partial charge on any atom is -0.497 e. The highest BCUT2D eigenvalue weighted by Crippen LogP contribution is 2.26. The molecule has 0 saturated heterocycles. The van der Waals surface area contributed by atoms with Crippen molar-refractivity contribution < 1.29 is 19.1 Å². The van der Waals surface area contributed by atoms with E-state index in [1.54, 1.807) is 41.9 Å². The zero-order valence-corrected chi connectivity index (χ0v) is 17.5. The number of carbonyl (C=O) groups is 3. The van der Waals surface area contributed by atoms with E-state index in [2.05, 4.69) is 27.5 Å². The molecule has 3 aromatic rings. The molecular formula is C22H20N6O4. The molecule has 4 amide bonds. The number of fused-ring (bicyclic) bond motifs is 2. The molecule has 0 unspecified atom stereocenters. The number of nitrogens with zero attached hydrogens (tertiary/aromatic N) is 4. The van der Waals surface area contributed by atoms with Crippen molar-refractivity contribution in [3.05, 3.63) is 53.1 Å². The van der Waals surface area contributed by atoms with Gasteiger partial charge in [0.15, 0.2) is 0 Å². The molecule has 0 bridgehead atoms. The first kappa shape index (κ1) is 20.9. The lowest BCUT2D eigenvalue weighted by Gasteiger charge is -2.21. The number of hydrogen-bond acceptors (Lipinski definition) is 6. The van der Waals surface area contributed by atoms with E-state index in [1.807, 2.05) is 23.5 Å². The van der Waals surface area contributed by atoms with Gasteiger partial charge in [0.2, 0.25) is 6.41 Å². The summed E-state index contributed by atoms with van der Waals surface area (Å²) in [6.45, 7) is 0.532. The number of amides is 4. The van der Waals surface area contributed by atoms with Crippen LogP contribution in [-0.4, -0.2) is 57.9 Å². The van der Waals surface area contributed by atoms with Crippen LogP contribution in [0.5, 0.6) is 5.75 Å². The van der Waals surface area contributed by atoms with Gasteiger partial charge >= 0.3 is 6.03 Å². The second-order valence-corrected chi connectivity index (χ2v) is 7.18. The van der Waals surface area contributed by atoms with Crippen LogP contribution in [0.25, 0.3) is 11.0 Å². The van der Waals surface area contributed by atoms with E-state index < -0.39 is 12.1 Å². The Bertz CT molecular complexity index is 1270. The average Bonchev–Trinajstić information content (AvgIpc) is 3.31. The smallest absolute Gasteiger partial charge is 0.322 e. The van der Waals surface area contributed by atoms with Gasteiger partial charge in [0.05, 0.1) is 19.2 Å². The van der Waals surface area contributed by atoms with Crippen molar-refractivity contribution in [2.45, 2.75) is 12.6 Å². The van der Waals surface area contributed by atoms with Crippen molar-refractivity contribution in [3.8, 4) is 17.6 Å². The standard InChI is InChI=1S/C22H20N6O4/c1-27-20-9-14(4-8-19(20)25-26-27)3-6-16(24-22(31)23-13-29)12-28-11-15-5-7-17(32-2)10-18(15)21(28)30/h4-5,7-10,13,16H,11-12H2,1-2H3,(H2,23,24,29,31)/t16-/m1/s1. The maximum absolute atomic E-state index is 12.9. The average molecular weight is 432 g/mol. The van der Waals surface area contributed by atoms with E-state index in [1.165, 1.54) is 0 Å². The Labute approximate surface area is 183 Å². The zero-order valence-electron chi connectivity index (χ0n) is 17.5. The number of benzene rings is 2. The van der Waals surface area contributed by atoms with E-state index in [9.17, 15) is 14.4 Å². The summed E-state index contributed by atoms with van der Waals surface area (Å²) in [6, 6.07) is 9.38. The Hall–Kier alpha value is -4.39. The molecule has 0 aliphatic carbocycles. The molecule has 4 rings (SSSR count). The fourth-order valence-electron chi connectivity index (χ4n) is 3.49. The van der Waals surface area contributed by atoms with Crippen LogP contribution in [0, 0.1) is 11.8 Å². The number of aryl methyl sites for hydroxylation is 1. The summed E-state index contributed by atoms with van der Waals surface area (Å²) < 4.78 is 6.84. The van der Waals surface area contributed by atoms with Crippen LogP contribution >= 0.6 is 0 Å². The quantitative estimate of drug-likeness (QED) is 0.455. The summed E-state index contributed by atoms with van der Waals surface area (Å²) in [7, 11) is 3.32. The Morgan fingerprint density at radius 1 is 1.31 bits per heavy atom. The predicted molar refractivity (Wildman–Crippen MR) is 115 cm³/mol.